The highest BCUT2D eigenvalue weighted by molar-refractivity contribution is 8.26. The predicted molar refractivity (Wildman–Crippen MR) is 117 cm³/mol. The molecule has 0 aromatic heterocycles. The predicted octanol–water partition coefficient (Wildman–Crippen LogP) is 3.30. The summed E-state index contributed by atoms with van der Waals surface area (Å²) in [5.74, 6) is -1.72. The number of hydrogen-bond acceptors (Lipinski definition) is 5. The Morgan fingerprint density at radius 3 is 2.69 bits per heavy atom. The third-order valence-electron chi connectivity index (χ3n) is 4.98. The van der Waals surface area contributed by atoms with Gasteiger partial charge in [0.25, 0.3) is 5.91 Å². The number of thioether (sulfide) groups is 1. The first-order valence-electron chi connectivity index (χ1n) is 9.42. The Bertz CT molecular complexity index is 882. The van der Waals surface area contributed by atoms with Crippen molar-refractivity contribution in [3.05, 3.63) is 53.0 Å². The number of amides is 2. The summed E-state index contributed by atoms with van der Waals surface area (Å²) in [5, 5.41) is 9.42. The molecule has 2 amide bonds. The topological polar surface area (TPSA) is 77.9 Å². The van der Waals surface area contributed by atoms with E-state index in [1.54, 1.807) is 19.1 Å². The normalized spacial score (nSPS) is 22.5. The van der Waals surface area contributed by atoms with E-state index in [0.717, 1.165) is 30.2 Å². The Morgan fingerprint density at radius 2 is 2.00 bits per heavy atom. The molecule has 152 valence electrons. The molecule has 0 saturated carbocycles. The van der Waals surface area contributed by atoms with Crippen molar-refractivity contribution < 1.29 is 19.5 Å². The monoisotopic (exact) mass is 430 g/mol. The molecule has 2 unspecified atom stereocenters. The lowest BCUT2D eigenvalue weighted by atomic mass is 10.0. The molecule has 2 aliphatic heterocycles. The van der Waals surface area contributed by atoms with Crippen LogP contribution in [0.25, 0.3) is 6.08 Å². The summed E-state index contributed by atoms with van der Waals surface area (Å²) in [6.07, 6.45) is 7.30. The first kappa shape index (κ1) is 21.3. The van der Waals surface area contributed by atoms with Crippen LogP contribution in [0.1, 0.15) is 31.7 Å². The van der Waals surface area contributed by atoms with Crippen molar-refractivity contribution >= 4 is 52.2 Å². The van der Waals surface area contributed by atoms with E-state index < -0.39 is 18.1 Å². The number of carbonyl (C=O) groups is 3. The standard InChI is InChI=1S/C21H22N2O4S2/c1-14(18(24)22-13-6-5-11-16(22)20(26)27)23-19(25)17(29-21(23)28)12-7-10-15-8-3-2-4-9-15/h2-4,7-10,12,14,16H,5-6,11,13H2,1H3,(H,26,27). The molecule has 2 fully saturated rings. The van der Waals surface area contributed by atoms with Crippen molar-refractivity contribution in [2.75, 3.05) is 6.54 Å². The average molecular weight is 431 g/mol. The molecule has 1 aromatic carbocycles. The SMILES string of the molecule is CC(C(=O)N1CCCCC1C(=O)O)N1C(=O)C(=CC=Cc2ccccc2)SC1=S. The second-order valence-electron chi connectivity index (χ2n) is 6.90. The van der Waals surface area contributed by atoms with E-state index in [9.17, 15) is 19.5 Å². The van der Waals surface area contributed by atoms with Gasteiger partial charge in [0.1, 0.15) is 16.4 Å². The van der Waals surface area contributed by atoms with Gasteiger partial charge in [-0.3, -0.25) is 14.5 Å². The molecule has 29 heavy (non-hydrogen) atoms. The largest absolute Gasteiger partial charge is 0.480 e. The fraction of sp³-hybridized carbons (Fsp3) is 0.333. The summed E-state index contributed by atoms with van der Waals surface area (Å²) in [6.45, 7) is 1.98. The maximum absolute atomic E-state index is 13.0. The van der Waals surface area contributed by atoms with Gasteiger partial charge in [-0.15, -0.1) is 0 Å². The Hall–Kier alpha value is -2.45. The Kier molecular flexibility index (Phi) is 6.87. The zero-order chi connectivity index (χ0) is 21.0. The highest BCUT2D eigenvalue weighted by Gasteiger charge is 2.42. The van der Waals surface area contributed by atoms with Crippen molar-refractivity contribution in [2.24, 2.45) is 0 Å². The number of aliphatic carboxylic acids is 1. The summed E-state index contributed by atoms with van der Waals surface area (Å²) in [5.41, 5.74) is 1.01. The number of carbonyl (C=O) groups excluding carboxylic acids is 2. The molecule has 0 aliphatic carbocycles. The molecule has 2 saturated heterocycles. The molecule has 1 N–H and O–H groups in total. The minimum absolute atomic E-state index is 0.305. The van der Waals surface area contributed by atoms with Gasteiger partial charge in [-0.1, -0.05) is 66.5 Å². The number of carboxylic acids is 1. The van der Waals surface area contributed by atoms with Crippen LogP contribution in [0.2, 0.25) is 0 Å². The number of rotatable bonds is 5. The summed E-state index contributed by atoms with van der Waals surface area (Å²) in [7, 11) is 0. The number of allylic oxidation sites excluding steroid dienone is 2. The number of likely N-dealkylation sites (tertiary alicyclic amines) is 1. The number of nitrogens with zero attached hydrogens (tertiary/aromatic N) is 2. The molecule has 0 bridgehead atoms. The second-order valence-corrected chi connectivity index (χ2v) is 8.58. The minimum Gasteiger partial charge on any atom is -0.480 e. The van der Waals surface area contributed by atoms with E-state index in [1.807, 2.05) is 36.4 Å². The molecule has 8 heteroatoms. The van der Waals surface area contributed by atoms with Crippen molar-refractivity contribution in [1.29, 1.82) is 0 Å². The van der Waals surface area contributed by atoms with E-state index in [1.165, 1.54) is 9.80 Å². The quantitative estimate of drug-likeness (QED) is 0.571. The third-order valence-corrected chi connectivity index (χ3v) is 6.32. The minimum atomic E-state index is -1.01. The van der Waals surface area contributed by atoms with Gasteiger partial charge < -0.3 is 10.0 Å². The lowest BCUT2D eigenvalue weighted by Gasteiger charge is -2.36. The van der Waals surface area contributed by atoms with Crippen LogP contribution in [-0.4, -0.2) is 55.6 Å². The van der Waals surface area contributed by atoms with Crippen LogP contribution < -0.4 is 0 Å². The van der Waals surface area contributed by atoms with E-state index in [0.29, 0.717) is 22.2 Å². The van der Waals surface area contributed by atoms with Crippen LogP contribution >= 0.6 is 24.0 Å². The van der Waals surface area contributed by atoms with Gasteiger partial charge in [-0.2, -0.15) is 0 Å². The Balaban J connectivity index is 1.73. The molecule has 6 nitrogen and oxygen atoms in total. The Labute approximate surface area is 179 Å². The lowest BCUT2D eigenvalue weighted by molar-refractivity contribution is -0.154. The van der Waals surface area contributed by atoms with Crippen molar-refractivity contribution in [3.63, 3.8) is 0 Å². The van der Waals surface area contributed by atoms with Crippen LogP contribution in [-0.2, 0) is 14.4 Å². The van der Waals surface area contributed by atoms with E-state index >= 15 is 0 Å². The molecule has 2 atom stereocenters. The number of carboxylic acid groups (broad SMARTS) is 1. The number of benzene rings is 1. The van der Waals surface area contributed by atoms with Gasteiger partial charge >= 0.3 is 5.97 Å². The molecule has 0 spiro atoms. The summed E-state index contributed by atoms with van der Waals surface area (Å²) >= 11 is 6.48. The maximum Gasteiger partial charge on any atom is 0.326 e. The van der Waals surface area contributed by atoms with E-state index in [4.69, 9.17) is 12.2 Å². The van der Waals surface area contributed by atoms with Crippen LogP contribution in [0, 0.1) is 0 Å². The zero-order valence-electron chi connectivity index (χ0n) is 16.0. The Morgan fingerprint density at radius 1 is 1.28 bits per heavy atom. The van der Waals surface area contributed by atoms with Crippen LogP contribution in [0.5, 0.6) is 0 Å². The molecule has 0 radical (unpaired) electrons. The smallest absolute Gasteiger partial charge is 0.326 e. The van der Waals surface area contributed by atoms with Gasteiger partial charge in [0.05, 0.1) is 4.91 Å². The highest BCUT2D eigenvalue weighted by atomic mass is 32.2. The number of piperidine rings is 1. The molecule has 2 heterocycles. The molecule has 1 aromatic rings. The van der Waals surface area contributed by atoms with Gasteiger partial charge in [0.15, 0.2) is 0 Å². The molecular weight excluding hydrogens is 408 g/mol. The zero-order valence-corrected chi connectivity index (χ0v) is 17.6. The average Bonchev–Trinajstić information content (AvgIpc) is 3.01. The van der Waals surface area contributed by atoms with Gasteiger partial charge in [-0.25, -0.2) is 4.79 Å². The number of thiocarbonyl (C=S) groups is 1. The fourth-order valence-electron chi connectivity index (χ4n) is 3.44. The van der Waals surface area contributed by atoms with Crippen LogP contribution in [0.3, 0.4) is 0 Å². The van der Waals surface area contributed by atoms with Crippen LogP contribution in [0.4, 0.5) is 0 Å². The molecular formula is C21H22N2O4S2. The van der Waals surface area contributed by atoms with E-state index in [2.05, 4.69) is 0 Å². The molecule has 2 aliphatic rings. The first-order valence-corrected chi connectivity index (χ1v) is 10.6. The number of hydrogen-bond donors (Lipinski definition) is 1. The second kappa shape index (κ2) is 9.37. The fourth-order valence-corrected chi connectivity index (χ4v) is 4.81. The van der Waals surface area contributed by atoms with Gasteiger partial charge in [0.2, 0.25) is 5.91 Å². The van der Waals surface area contributed by atoms with Crippen molar-refractivity contribution in [1.82, 2.24) is 9.80 Å². The summed E-state index contributed by atoms with van der Waals surface area (Å²) < 4.78 is 0.305. The van der Waals surface area contributed by atoms with Crippen molar-refractivity contribution in [3.8, 4) is 0 Å². The van der Waals surface area contributed by atoms with Crippen LogP contribution in [0.15, 0.2) is 47.4 Å². The first-order chi connectivity index (χ1) is 13.9. The maximum atomic E-state index is 13.0. The summed E-state index contributed by atoms with van der Waals surface area (Å²) in [6, 6.07) is 8.00. The van der Waals surface area contributed by atoms with Gasteiger partial charge in [-0.05, 0) is 37.8 Å². The molecule has 3 rings (SSSR count). The third kappa shape index (κ3) is 4.76. The summed E-state index contributed by atoms with van der Waals surface area (Å²) in [4.78, 5) is 40.4. The lowest BCUT2D eigenvalue weighted by Crippen LogP contribution is -2.55. The van der Waals surface area contributed by atoms with Gasteiger partial charge in [0, 0.05) is 6.54 Å². The van der Waals surface area contributed by atoms with Crippen molar-refractivity contribution in [2.45, 2.75) is 38.3 Å². The van der Waals surface area contributed by atoms with E-state index in [-0.39, 0.29) is 11.8 Å². The highest BCUT2D eigenvalue weighted by Crippen LogP contribution is 2.33.